The average molecular weight is 369 g/mol. The van der Waals surface area contributed by atoms with E-state index in [2.05, 4.69) is 15.5 Å². The van der Waals surface area contributed by atoms with Gasteiger partial charge in [-0.25, -0.2) is 12.8 Å². The molecule has 0 aliphatic carbocycles. The number of hydrogen-bond donors (Lipinski definition) is 1. The minimum absolute atomic E-state index is 0.0431. The van der Waals surface area contributed by atoms with Crippen LogP contribution >= 0.6 is 0 Å². The van der Waals surface area contributed by atoms with E-state index in [9.17, 15) is 17.6 Å². The standard InChI is InChI=1S/C16H20FN3O4S/c1-10(2)8-13(15-19-20-16(24-15)25(3,22)23)18-14(21)9-11-4-6-12(17)7-5-11/h4-7,10,13H,8-9H2,1-3H3,(H,18,21)/t13-/m0/s1. The van der Waals surface area contributed by atoms with Crippen molar-refractivity contribution >= 4 is 15.7 Å². The van der Waals surface area contributed by atoms with E-state index in [1.807, 2.05) is 13.8 Å². The van der Waals surface area contributed by atoms with E-state index < -0.39 is 21.1 Å². The fourth-order valence-electron chi connectivity index (χ4n) is 2.24. The van der Waals surface area contributed by atoms with Gasteiger partial charge in [-0.3, -0.25) is 4.79 Å². The van der Waals surface area contributed by atoms with Gasteiger partial charge < -0.3 is 9.73 Å². The van der Waals surface area contributed by atoms with E-state index in [1.54, 1.807) is 0 Å². The van der Waals surface area contributed by atoms with Crippen LogP contribution in [0, 0.1) is 11.7 Å². The third-order valence-electron chi connectivity index (χ3n) is 3.36. The van der Waals surface area contributed by atoms with Gasteiger partial charge in [-0.15, -0.1) is 5.10 Å². The summed E-state index contributed by atoms with van der Waals surface area (Å²) in [6.45, 7) is 3.90. The van der Waals surface area contributed by atoms with Crippen LogP contribution in [0.2, 0.25) is 0 Å². The molecule has 0 fully saturated rings. The molecule has 2 aromatic rings. The highest BCUT2D eigenvalue weighted by Gasteiger charge is 2.25. The smallest absolute Gasteiger partial charge is 0.335 e. The third-order valence-corrected chi connectivity index (χ3v) is 4.16. The van der Waals surface area contributed by atoms with Crippen molar-refractivity contribution in [3.8, 4) is 0 Å². The zero-order chi connectivity index (χ0) is 18.6. The molecule has 0 unspecified atom stereocenters. The van der Waals surface area contributed by atoms with Crippen LogP contribution in [0.25, 0.3) is 0 Å². The van der Waals surface area contributed by atoms with E-state index >= 15 is 0 Å². The molecule has 1 amide bonds. The predicted octanol–water partition coefficient (Wildman–Crippen LogP) is 2.06. The Balaban J connectivity index is 2.13. The zero-order valence-corrected chi connectivity index (χ0v) is 15.0. The summed E-state index contributed by atoms with van der Waals surface area (Å²) in [7, 11) is -3.61. The Labute approximate surface area is 145 Å². The van der Waals surface area contributed by atoms with Crippen LogP contribution in [0.4, 0.5) is 4.39 Å². The molecule has 2 rings (SSSR count). The number of nitrogens with one attached hydrogen (secondary N) is 1. The number of benzene rings is 1. The second-order valence-corrected chi connectivity index (χ2v) is 8.12. The monoisotopic (exact) mass is 369 g/mol. The lowest BCUT2D eigenvalue weighted by molar-refractivity contribution is -0.121. The Kier molecular flexibility index (Phi) is 5.89. The topological polar surface area (TPSA) is 102 Å². The van der Waals surface area contributed by atoms with Crippen LogP contribution in [-0.4, -0.2) is 30.8 Å². The average Bonchev–Trinajstić information content (AvgIpc) is 2.98. The first kappa shape index (κ1) is 19.0. The number of rotatable bonds is 7. The summed E-state index contributed by atoms with van der Waals surface area (Å²) in [5.41, 5.74) is 0.657. The molecule has 0 spiro atoms. The first-order valence-electron chi connectivity index (χ1n) is 7.72. The molecule has 0 bridgehead atoms. The molecule has 0 saturated carbocycles. The molecule has 1 N–H and O–H groups in total. The summed E-state index contributed by atoms with van der Waals surface area (Å²) in [6, 6.07) is 5.02. The molecule has 136 valence electrons. The number of aromatic nitrogens is 2. The fraction of sp³-hybridized carbons (Fsp3) is 0.438. The summed E-state index contributed by atoms with van der Waals surface area (Å²) in [4.78, 5) is 12.3. The largest absolute Gasteiger partial charge is 0.410 e. The normalized spacial score (nSPS) is 13.0. The quantitative estimate of drug-likeness (QED) is 0.801. The van der Waals surface area contributed by atoms with Crippen LogP contribution in [0.15, 0.2) is 33.9 Å². The Morgan fingerprint density at radius 1 is 1.24 bits per heavy atom. The van der Waals surface area contributed by atoms with Gasteiger partial charge in [0.1, 0.15) is 11.9 Å². The first-order valence-corrected chi connectivity index (χ1v) is 9.61. The Hall–Kier alpha value is -2.29. The predicted molar refractivity (Wildman–Crippen MR) is 87.9 cm³/mol. The minimum atomic E-state index is -3.61. The highest BCUT2D eigenvalue weighted by atomic mass is 32.2. The zero-order valence-electron chi connectivity index (χ0n) is 14.2. The van der Waals surface area contributed by atoms with Gasteiger partial charge in [0.15, 0.2) is 0 Å². The number of nitrogens with zero attached hydrogens (tertiary/aromatic N) is 2. The van der Waals surface area contributed by atoms with Gasteiger partial charge in [0.05, 0.1) is 6.42 Å². The molecule has 25 heavy (non-hydrogen) atoms. The highest BCUT2D eigenvalue weighted by Crippen LogP contribution is 2.22. The highest BCUT2D eigenvalue weighted by molar-refractivity contribution is 7.90. The van der Waals surface area contributed by atoms with Crippen molar-refractivity contribution in [2.75, 3.05) is 6.26 Å². The van der Waals surface area contributed by atoms with Crippen LogP contribution in [0.1, 0.15) is 37.8 Å². The summed E-state index contributed by atoms with van der Waals surface area (Å²) in [5.74, 6) is -0.441. The van der Waals surface area contributed by atoms with Gasteiger partial charge in [-0.1, -0.05) is 31.1 Å². The van der Waals surface area contributed by atoms with Crippen molar-refractivity contribution in [1.29, 1.82) is 0 Å². The van der Waals surface area contributed by atoms with Crippen molar-refractivity contribution in [2.24, 2.45) is 5.92 Å². The second-order valence-electron chi connectivity index (χ2n) is 6.23. The fourth-order valence-corrected chi connectivity index (χ4v) is 2.66. The lowest BCUT2D eigenvalue weighted by atomic mass is 10.0. The van der Waals surface area contributed by atoms with Gasteiger partial charge >= 0.3 is 5.22 Å². The summed E-state index contributed by atoms with van der Waals surface area (Å²) < 4.78 is 41.1. The second kappa shape index (κ2) is 7.73. The van der Waals surface area contributed by atoms with Crippen molar-refractivity contribution in [3.63, 3.8) is 0 Å². The molecule has 0 radical (unpaired) electrons. The minimum Gasteiger partial charge on any atom is -0.410 e. The Bertz CT molecular complexity index is 831. The molecule has 1 atom stereocenters. The molecule has 1 heterocycles. The maximum Gasteiger partial charge on any atom is 0.335 e. The van der Waals surface area contributed by atoms with E-state index in [-0.39, 0.29) is 30.0 Å². The van der Waals surface area contributed by atoms with Crippen molar-refractivity contribution in [1.82, 2.24) is 15.5 Å². The van der Waals surface area contributed by atoms with Crippen LogP contribution in [0.3, 0.4) is 0 Å². The van der Waals surface area contributed by atoms with Crippen LogP contribution < -0.4 is 5.32 Å². The lowest BCUT2D eigenvalue weighted by Gasteiger charge is -2.17. The first-order chi connectivity index (χ1) is 11.6. The number of amides is 1. The molecule has 1 aromatic heterocycles. The van der Waals surface area contributed by atoms with Crippen molar-refractivity contribution < 1.29 is 22.0 Å². The molecular weight excluding hydrogens is 349 g/mol. The van der Waals surface area contributed by atoms with Crippen molar-refractivity contribution in [2.45, 2.75) is 38.0 Å². The van der Waals surface area contributed by atoms with Gasteiger partial charge in [0.25, 0.3) is 0 Å². The SMILES string of the molecule is CC(C)C[C@H](NC(=O)Cc1ccc(F)cc1)c1nnc(S(C)(=O)=O)o1. The third kappa shape index (κ3) is 5.63. The molecular formula is C16H20FN3O4S. The number of carbonyl (C=O) groups excluding carboxylic acids is 1. The molecule has 7 nitrogen and oxygen atoms in total. The summed E-state index contributed by atoms with van der Waals surface area (Å²) in [5, 5.41) is 9.55. The van der Waals surface area contributed by atoms with Gasteiger partial charge in [-0.2, -0.15) is 0 Å². The molecule has 0 aliphatic heterocycles. The summed E-state index contributed by atoms with van der Waals surface area (Å²) >= 11 is 0. The maximum absolute atomic E-state index is 12.9. The van der Waals surface area contributed by atoms with Crippen LogP contribution in [-0.2, 0) is 21.1 Å². The molecule has 9 heteroatoms. The van der Waals surface area contributed by atoms with Gasteiger partial charge in [0.2, 0.25) is 21.6 Å². The Morgan fingerprint density at radius 2 is 1.88 bits per heavy atom. The Morgan fingerprint density at radius 3 is 2.40 bits per heavy atom. The lowest BCUT2D eigenvalue weighted by Crippen LogP contribution is -2.31. The molecule has 1 aromatic carbocycles. The number of hydrogen-bond acceptors (Lipinski definition) is 6. The summed E-state index contributed by atoms with van der Waals surface area (Å²) in [6.07, 6.45) is 1.53. The number of carbonyl (C=O) groups is 1. The van der Waals surface area contributed by atoms with Gasteiger partial charge in [0, 0.05) is 6.26 Å². The van der Waals surface area contributed by atoms with E-state index in [0.29, 0.717) is 12.0 Å². The van der Waals surface area contributed by atoms with E-state index in [4.69, 9.17) is 4.42 Å². The molecule has 0 aliphatic rings. The molecule has 0 saturated heterocycles. The van der Waals surface area contributed by atoms with Gasteiger partial charge in [-0.05, 0) is 30.0 Å². The van der Waals surface area contributed by atoms with E-state index in [1.165, 1.54) is 24.3 Å². The number of halogens is 1. The number of sulfone groups is 1. The van der Waals surface area contributed by atoms with E-state index in [0.717, 1.165) is 6.26 Å². The van der Waals surface area contributed by atoms with Crippen LogP contribution in [0.5, 0.6) is 0 Å². The maximum atomic E-state index is 12.9. The van der Waals surface area contributed by atoms with Crippen molar-refractivity contribution in [3.05, 3.63) is 41.5 Å².